The van der Waals surface area contributed by atoms with Crippen molar-refractivity contribution in [2.24, 2.45) is 0 Å². The minimum absolute atomic E-state index is 0.125. The first kappa shape index (κ1) is 18.7. The molecule has 24 heavy (non-hydrogen) atoms. The summed E-state index contributed by atoms with van der Waals surface area (Å²) in [6.45, 7) is 6.99. The van der Waals surface area contributed by atoms with E-state index >= 15 is 0 Å². The molecule has 2 rings (SSSR count). The summed E-state index contributed by atoms with van der Waals surface area (Å²) in [6.07, 6.45) is -0.394. The summed E-state index contributed by atoms with van der Waals surface area (Å²) >= 11 is 6.06. The maximum Gasteiger partial charge on any atom is 0.410 e. The number of methoxy groups -OCH3 is 1. The van der Waals surface area contributed by atoms with Crippen molar-refractivity contribution < 1.29 is 19.4 Å². The normalized spacial score (nSPS) is 18.5. The number of piperazine rings is 1. The first-order valence-electron chi connectivity index (χ1n) is 7.94. The summed E-state index contributed by atoms with van der Waals surface area (Å²) < 4.78 is 10.7. The lowest BCUT2D eigenvalue weighted by molar-refractivity contribution is 0.00704. The van der Waals surface area contributed by atoms with E-state index in [1.165, 1.54) is 0 Å². The molecule has 0 aromatic heterocycles. The Kier molecular flexibility index (Phi) is 5.83. The molecule has 1 heterocycles. The SMILES string of the molecule is COc1cc(N2CCN(C(=O)OC(C)(C)C)[C@@H](CO)C2)ccc1Cl. The van der Waals surface area contributed by atoms with Gasteiger partial charge in [0, 0.05) is 31.4 Å². The lowest BCUT2D eigenvalue weighted by atomic mass is 10.1. The molecule has 0 aliphatic carbocycles. The van der Waals surface area contributed by atoms with Crippen LogP contribution < -0.4 is 9.64 Å². The molecular formula is C17H25ClN2O4. The van der Waals surface area contributed by atoms with Gasteiger partial charge in [-0.15, -0.1) is 0 Å². The van der Waals surface area contributed by atoms with Gasteiger partial charge in [0.15, 0.2) is 0 Å². The minimum Gasteiger partial charge on any atom is -0.495 e. The van der Waals surface area contributed by atoms with Gasteiger partial charge in [0.25, 0.3) is 0 Å². The van der Waals surface area contributed by atoms with E-state index in [1.807, 2.05) is 32.9 Å². The van der Waals surface area contributed by atoms with Gasteiger partial charge in [0.2, 0.25) is 0 Å². The maximum atomic E-state index is 12.3. The van der Waals surface area contributed by atoms with Gasteiger partial charge in [-0.05, 0) is 32.9 Å². The topological polar surface area (TPSA) is 62.2 Å². The number of hydrogen-bond donors (Lipinski definition) is 1. The van der Waals surface area contributed by atoms with Crippen molar-refractivity contribution >= 4 is 23.4 Å². The van der Waals surface area contributed by atoms with E-state index in [9.17, 15) is 9.90 Å². The second kappa shape index (κ2) is 7.49. The number of ether oxygens (including phenoxy) is 2. The van der Waals surface area contributed by atoms with Gasteiger partial charge in [-0.2, -0.15) is 0 Å². The summed E-state index contributed by atoms with van der Waals surface area (Å²) in [5.74, 6) is 0.601. The molecule has 134 valence electrons. The van der Waals surface area contributed by atoms with E-state index in [1.54, 1.807) is 18.1 Å². The molecule has 6 nitrogen and oxygen atoms in total. The Morgan fingerprint density at radius 2 is 2.08 bits per heavy atom. The highest BCUT2D eigenvalue weighted by molar-refractivity contribution is 6.32. The van der Waals surface area contributed by atoms with Crippen molar-refractivity contribution in [2.45, 2.75) is 32.4 Å². The van der Waals surface area contributed by atoms with Crippen LogP contribution >= 0.6 is 11.6 Å². The van der Waals surface area contributed by atoms with Crippen molar-refractivity contribution in [1.29, 1.82) is 0 Å². The minimum atomic E-state index is -0.558. The predicted molar refractivity (Wildman–Crippen MR) is 94.0 cm³/mol. The number of anilines is 1. The number of carbonyl (C=O) groups excluding carboxylic acids is 1. The van der Waals surface area contributed by atoms with Crippen LogP contribution in [0.3, 0.4) is 0 Å². The molecule has 1 aromatic carbocycles. The molecular weight excluding hydrogens is 332 g/mol. The Morgan fingerprint density at radius 3 is 2.67 bits per heavy atom. The highest BCUT2D eigenvalue weighted by Gasteiger charge is 2.33. The smallest absolute Gasteiger partial charge is 0.410 e. The molecule has 0 unspecified atom stereocenters. The lowest BCUT2D eigenvalue weighted by Crippen LogP contribution is -2.57. The first-order chi connectivity index (χ1) is 11.2. The zero-order chi connectivity index (χ0) is 17.9. The quantitative estimate of drug-likeness (QED) is 0.902. The van der Waals surface area contributed by atoms with Crippen LogP contribution in [-0.2, 0) is 4.74 Å². The molecule has 1 fully saturated rings. The van der Waals surface area contributed by atoms with Crippen LogP contribution in [0.4, 0.5) is 10.5 Å². The van der Waals surface area contributed by atoms with E-state index in [0.29, 0.717) is 30.4 Å². The van der Waals surface area contributed by atoms with Gasteiger partial charge in [-0.1, -0.05) is 11.6 Å². The molecule has 1 aliphatic rings. The van der Waals surface area contributed by atoms with Gasteiger partial charge in [-0.25, -0.2) is 4.79 Å². The number of halogens is 1. The fourth-order valence-corrected chi connectivity index (χ4v) is 2.85. The monoisotopic (exact) mass is 356 g/mol. The molecule has 1 N–H and O–H groups in total. The van der Waals surface area contributed by atoms with E-state index < -0.39 is 11.7 Å². The summed E-state index contributed by atoms with van der Waals surface area (Å²) in [7, 11) is 1.57. The summed E-state index contributed by atoms with van der Waals surface area (Å²) in [4.78, 5) is 16.0. The van der Waals surface area contributed by atoms with E-state index in [-0.39, 0.29) is 12.6 Å². The Balaban J connectivity index is 2.11. The van der Waals surface area contributed by atoms with Gasteiger partial charge in [0.05, 0.1) is 24.8 Å². The number of hydrogen-bond acceptors (Lipinski definition) is 5. The molecule has 0 saturated carbocycles. The van der Waals surface area contributed by atoms with Crippen LogP contribution in [0.15, 0.2) is 18.2 Å². The predicted octanol–water partition coefficient (Wildman–Crippen LogP) is 2.77. The highest BCUT2D eigenvalue weighted by atomic mass is 35.5. The second-order valence-corrected chi connectivity index (χ2v) is 7.18. The number of amides is 1. The van der Waals surface area contributed by atoms with Crippen molar-refractivity contribution in [3.63, 3.8) is 0 Å². The fraction of sp³-hybridized carbons (Fsp3) is 0.588. The van der Waals surface area contributed by atoms with Gasteiger partial charge in [-0.3, -0.25) is 4.90 Å². The maximum absolute atomic E-state index is 12.3. The number of aliphatic hydroxyl groups excluding tert-OH is 1. The largest absolute Gasteiger partial charge is 0.495 e. The average molecular weight is 357 g/mol. The molecule has 7 heteroatoms. The third-order valence-corrected chi connectivity index (χ3v) is 4.13. The van der Waals surface area contributed by atoms with Crippen LogP contribution in [0.1, 0.15) is 20.8 Å². The number of nitrogens with zero attached hydrogens (tertiary/aromatic N) is 2. The first-order valence-corrected chi connectivity index (χ1v) is 8.32. The van der Waals surface area contributed by atoms with E-state index in [4.69, 9.17) is 21.1 Å². The van der Waals surface area contributed by atoms with E-state index in [2.05, 4.69) is 4.90 Å². The summed E-state index contributed by atoms with van der Waals surface area (Å²) in [5.41, 5.74) is 0.385. The van der Waals surface area contributed by atoms with Gasteiger partial charge < -0.3 is 19.5 Å². The van der Waals surface area contributed by atoms with Crippen LogP contribution in [0.25, 0.3) is 0 Å². The second-order valence-electron chi connectivity index (χ2n) is 6.77. The molecule has 1 atom stereocenters. The molecule has 1 amide bonds. The third kappa shape index (κ3) is 4.45. The van der Waals surface area contributed by atoms with Gasteiger partial charge >= 0.3 is 6.09 Å². The Bertz CT molecular complexity index is 588. The van der Waals surface area contributed by atoms with Crippen LogP contribution in [0.2, 0.25) is 5.02 Å². The summed E-state index contributed by atoms with van der Waals surface area (Å²) in [5, 5.41) is 10.2. The molecule has 0 spiro atoms. The molecule has 0 radical (unpaired) electrons. The Hall–Kier alpha value is -1.66. The Morgan fingerprint density at radius 1 is 1.38 bits per heavy atom. The number of rotatable bonds is 3. The van der Waals surface area contributed by atoms with Crippen molar-refractivity contribution in [3.8, 4) is 5.75 Å². The van der Waals surface area contributed by atoms with Crippen molar-refractivity contribution in [1.82, 2.24) is 4.90 Å². The third-order valence-electron chi connectivity index (χ3n) is 3.82. The van der Waals surface area contributed by atoms with E-state index in [0.717, 1.165) is 5.69 Å². The zero-order valence-electron chi connectivity index (χ0n) is 14.6. The van der Waals surface area contributed by atoms with Crippen molar-refractivity contribution in [2.75, 3.05) is 38.3 Å². The number of aliphatic hydroxyl groups is 1. The molecule has 1 saturated heterocycles. The highest BCUT2D eigenvalue weighted by Crippen LogP contribution is 2.30. The van der Waals surface area contributed by atoms with Crippen LogP contribution in [0, 0.1) is 0 Å². The van der Waals surface area contributed by atoms with Crippen LogP contribution in [0.5, 0.6) is 5.75 Å². The molecule has 0 bridgehead atoms. The lowest BCUT2D eigenvalue weighted by Gasteiger charge is -2.42. The fourth-order valence-electron chi connectivity index (χ4n) is 2.65. The summed E-state index contributed by atoms with van der Waals surface area (Å²) in [6, 6.07) is 5.22. The van der Waals surface area contributed by atoms with Crippen molar-refractivity contribution in [3.05, 3.63) is 23.2 Å². The number of benzene rings is 1. The van der Waals surface area contributed by atoms with Crippen LogP contribution in [-0.4, -0.2) is 61.1 Å². The van der Waals surface area contributed by atoms with Gasteiger partial charge in [0.1, 0.15) is 11.4 Å². The molecule has 1 aliphatic heterocycles. The molecule has 1 aromatic rings. The Labute approximate surface area is 147 Å². The standard InChI is InChI=1S/C17H25ClN2O4/c1-17(2,3)24-16(22)20-8-7-19(10-13(20)11-21)12-5-6-14(18)15(9-12)23-4/h5-6,9,13,21H,7-8,10-11H2,1-4H3/t13-/m1/s1. The average Bonchev–Trinajstić information content (AvgIpc) is 2.53. The number of carbonyl (C=O) groups is 1. The zero-order valence-corrected chi connectivity index (χ0v) is 15.3.